The van der Waals surface area contributed by atoms with E-state index in [0.29, 0.717) is 31.8 Å². The predicted molar refractivity (Wildman–Crippen MR) is 121 cm³/mol. The smallest absolute Gasteiger partial charge is 0.222 e. The third-order valence-electron chi connectivity index (χ3n) is 6.39. The van der Waals surface area contributed by atoms with E-state index in [9.17, 15) is 4.79 Å². The van der Waals surface area contributed by atoms with E-state index in [1.807, 2.05) is 17.0 Å². The third kappa shape index (κ3) is 4.20. The summed E-state index contributed by atoms with van der Waals surface area (Å²) < 4.78 is 10.9. The van der Waals surface area contributed by atoms with E-state index >= 15 is 0 Å². The Morgan fingerprint density at radius 1 is 1.19 bits per heavy atom. The Morgan fingerprint density at radius 3 is 3.00 bits per heavy atom. The Bertz CT molecular complexity index is 1120. The van der Waals surface area contributed by atoms with Crippen molar-refractivity contribution in [3.8, 4) is 22.9 Å². The summed E-state index contributed by atoms with van der Waals surface area (Å²) in [6.07, 6.45) is 6.59. The summed E-state index contributed by atoms with van der Waals surface area (Å²) in [5.41, 5.74) is 6.82. The van der Waals surface area contributed by atoms with Crippen molar-refractivity contribution in [2.24, 2.45) is 0 Å². The van der Waals surface area contributed by atoms with Gasteiger partial charge >= 0.3 is 0 Å². The van der Waals surface area contributed by atoms with Gasteiger partial charge in [0.1, 0.15) is 5.75 Å². The molecule has 1 aromatic carbocycles. The molecule has 5 rings (SSSR count). The fourth-order valence-corrected chi connectivity index (χ4v) is 4.61. The quantitative estimate of drug-likeness (QED) is 0.669. The minimum absolute atomic E-state index is 0.186. The second-order valence-corrected chi connectivity index (χ2v) is 8.39. The zero-order valence-corrected chi connectivity index (χ0v) is 18.4. The maximum absolute atomic E-state index is 12.9. The average Bonchev–Trinajstić information content (AvgIpc) is 3.13. The lowest BCUT2D eigenvalue weighted by atomic mass is 9.98. The molecule has 0 atom stereocenters. The van der Waals surface area contributed by atoms with E-state index in [0.717, 1.165) is 60.6 Å². The monoisotopic (exact) mass is 432 g/mol. The molecule has 166 valence electrons. The zero-order valence-electron chi connectivity index (χ0n) is 18.4. The van der Waals surface area contributed by atoms with Crippen molar-refractivity contribution >= 4 is 5.91 Å². The summed E-state index contributed by atoms with van der Waals surface area (Å²) in [5, 5.41) is 7.87. The molecule has 0 aliphatic carbocycles. The zero-order chi connectivity index (χ0) is 21.9. The molecular weight excluding hydrogens is 404 g/mol. The first-order valence-electron chi connectivity index (χ1n) is 11.3. The molecule has 1 N–H and O–H groups in total. The number of carbonyl (C=O) groups is 1. The summed E-state index contributed by atoms with van der Waals surface area (Å²) in [6, 6.07) is 10.2. The van der Waals surface area contributed by atoms with Crippen molar-refractivity contribution in [2.45, 2.75) is 38.5 Å². The highest BCUT2D eigenvalue weighted by molar-refractivity contribution is 5.77. The summed E-state index contributed by atoms with van der Waals surface area (Å²) in [6.45, 7) is 2.22. The van der Waals surface area contributed by atoms with E-state index < -0.39 is 0 Å². The summed E-state index contributed by atoms with van der Waals surface area (Å²) in [5.74, 6) is 1.76. The van der Waals surface area contributed by atoms with Crippen LogP contribution in [0.4, 0.5) is 0 Å². The Hall–Kier alpha value is -3.35. The average molecular weight is 433 g/mol. The number of amides is 1. The summed E-state index contributed by atoms with van der Waals surface area (Å²) in [7, 11) is 1.60. The number of methoxy groups -OCH3 is 1. The second kappa shape index (κ2) is 9.02. The molecule has 1 amide bonds. The Balaban J connectivity index is 1.25. The van der Waals surface area contributed by atoms with Crippen LogP contribution in [0, 0.1) is 0 Å². The molecule has 3 aromatic rings. The van der Waals surface area contributed by atoms with Crippen molar-refractivity contribution in [2.75, 3.05) is 26.8 Å². The van der Waals surface area contributed by atoms with Crippen LogP contribution in [-0.2, 0) is 30.5 Å². The number of hydrogen-bond donors (Lipinski definition) is 1. The molecule has 0 unspecified atom stereocenters. The van der Waals surface area contributed by atoms with Gasteiger partial charge in [-0.15, -0.1) is 0 Å². The fraction of sp³-hybridized carbons (Fsp3) is 0.400. The van der Waals surface area contributed by atoms with Crippen molar-refractivity contribution in [3.05, 3.63) is 58.9 Å². The standard InChI is InChI=1S/C25H28N4O3/c1-31-23-15-17(8-11-26-23)4-7-24(30)29-12-9-20-21(10-13-29)27-28-25(20)19-5-6-22-18(16-19)3-2-14-32-22/h5-6,8,11,15-16H,2-4,7,9-10,12-14H2,1H3,(H,27,28). The van der Waals surface area contributed by atoms with E-state index in [1.54, 1.807) is 13.3 Å². The highest BCUT2D eigenvalue weighted by atomic mass is 16.5. The van der Waals surface area contributed by atoms with Crippen LogP contribution in [-0.4, -0.2) is 52.8 Å². The van der Waals surface area contributed by atoms with Gasteiger partial charge in [-0.3, -0.25) is 9.89 Å². The molecule has 0 radical (unpaired) electrons. The van der Waals surface area contributed by atoms with Crippen molar-refractivity contribution < 1.29 is 14.3 Å². The molecule has 7 nitrogen and oxygen atoms in total. The van der Waals surface area contributed by atoms with Crippen LogP contribution >= 0.6 is 0 Å². The maximum Gasteiger partial charge on any atom is 0.222 e. The normalized spacial score (nSPS) is 15.3. The van der Waals surface area contributed by atoms with Crippen LogP contribution in [0.25, 0.3) is 11.3 Å². The fourth-order valence-electron chi connectivity index (χ4n) is 4.61. The summed E-state index contributed by atoms with van der Waals surface area (Å²) in [4.78, 5) is 19.0. The molecule has 0 saturated heterocycles. The molecule has 2 aromatic heterocycles. The van der Waals surface area contributed by atoms with E-state index in [4.69, 9.17) is 9.47 Å². The van der Waals surface area contributed by atoms with Gasteiger partial charge in [0, 0.05) is 55.0 Å². The molecule has 0 spiro atoms. The van der Waals surface area contributed by atoms with Gasteiger partial charge in [0.05, 0.1) is 19.4 Å². The molecule has 4 heterocycles. The lowest BCUT2D eigenvalue weighted by molar-refractivity contribution is -0.131. The minimum Gasteiger partial charge on any atom is -0.493 e. The first-order valence-corrected chi connectivity index (χ1v) is 11.3. The second-order valence-electron chi connectivity index (χ2n) is 8.39. The first kappa shape index (κ1) is 20.5. The number of fused-ring (bicyclic) bond motifs is 2. The van der Waals surface area contributed by atoms with Gasteiger partial charge in [0.25, 0.3) is 0 Å². The molecule has 2 aliphatic heterocycles. The van der Waals surface area contributed by atoms with Gasteiger partial charge < -0.3 is 14.4 Å². The number of hydrogen-bond acceptors (Lipinski definition) is 5. The number of ether oxygens (including phenoxy) is 2. The number of pyridine rings is 1. The molecule has 0 fully saturated rings. The van der Waals surface area contributed by atoms with Crippen LogP contribution in [0.3, 0.4) is 0 Å². The van der Waals surface area contributed by atoms with Crippen LogP contribution in [0.1, 0.15) is 35.2 Å². The van der Waals surface area contributed by atoms with Gasteiger partial charge in [0.2, 0.25) is 11.8 Å². The molecule has 0 saturated carbocycles. The number of aromatic nitrogens is 3. The van der Waals surface area contributed by atoms with Crippen LogP contribution in [0.2, 0.25) is 0 Å². The minimum atomic E-state index is 0.186. The Kier molecular flexibility index (Phi) is 5.79. The van der Waals surface area contributed by atoms with Crippen LogP contribution in [0.15, 0.2) is 36.5 Å². The highest BCUT2D eigenvalue weighted by Gasteiger charge is 2.23. The van der Waals surface area contributed by atoms with Crippen LogP contribution in [0.5, 0.6) is 11.6 Å². The SMILES string of the molecule is COc1cc(CCC(=O)N2CCc3[nH]nc(-c4ccc5c(c4)CCCO5)c3CC2)ccn1. The van der Waals surface area contributed by atoms with Crippen molar-refractivity contribution in [1.82, 2.24) is 20.1 Å². The maximum atomic E-state index is 12.9. The number of nitrogens with zero attached hydrogens (tertiary/aromatic N) is 3. The van der Waals surface area contributed by atoms with Gasteiger partial charge in [-0.2, -0.15) is 5.10 Å². The Labute approximate surface area is 187 Å². The molecule has 32 heavy (non-hydrogen) atoms. The lowest BCUT2D eigenvalue weighted by Gasteiger charge is -2.20. The lowest BCUT2D eigenvalue weighted by Crippen LogP contribution is -2.33. The topological polar surface area (TPSA) is 80.3 Å². The van der Waals surface area contributed by atoms with Crippen molar-refractivity contribution in [1.29, 1.82) is 0 Å². The Morgan fingerprint density at radius 2 is 2.09 bits per heavy atom. The third-order valence-corrected chi connectivity index (χ3v) is 6.39. The van der Waals surface area contributed by atoms with Crippen LogP contribution < -0.4 is 9.47 Å². The van der Waals surface area contributed by atoms with Gasteiger partial charge in [-0.25, -0.2) is 4.98 Å². The number of rotatable bonds is 5. The molecule has 2 aliphatic rings. The number of benzene rings is 1. The summed E-state index contributed by atoms with van der Waals surface area (Å²) >= 11 is 0. The highest BCUT2D eigenvalue weighted by Crippen LogP contribution is 2.32. The van der Waals surface area contributed by atoms with E-state index in [2.05, 4.69) is 33.4 Å². The van der Waals surface area contributed by atoms with Gasteiger partial charge in [-0.1, -0.05) is 0 Å². The van der Waals surface area contributed by atoms with Crippen molar-refractivity contribution in [3.63, 3.8) is 0 Å². The van der Waals surface area contributed by atoms with E-state index in [1.165, 1.54) is 11.1 Å². The number of aromatic amines is 1. The number of aryl methyl sites for hydroxylation is 2. The largest absolute Gasteiger partial charge is 0.493 e. The predicted octanol–water partition coefficient (Wildman–Crippen LogP) is 3.37. The molecular formula is C25H28N4O3. The van der Waals surface area contributed by atoms with Gasteiger partial charge in [0.15, 0.2) is 0 Å². The molecule has 0 bridgehead atoms. The van der Waals surface area contributed by atoms with Gasteiger partial charge in [-0.05, 0) is 61.1 Å². The number of carbonyl (C=O) groups excluding carboxylic acids is 1. The molecule has 7 heteroatoms. The number of nitrogens with one attached hydrogen (secondary N) is 1. The number of H-pyrrole nitrogens is 1. The first-order chi connectivity index (χ1) is 15.7. The van der Waals surface area contributed by atoms with E-state index in [-0.39, 0.29) is 5.91 Å².